The predicted octanol–water partition coefficient (Wildman–Crippen LogP) is 9.84. The van der Waals surface area contributed by atoms with Crippen LogP contribution in [0.15, 0.2) is 138 Å². The van der Waals surface area contributed by atoms with Gasteiger partial charge in [0.15, 0.2) is 5.78 Å². The van der Waals surface area contributed by atoms with E-state index < -0.39 is 0 Å². The Bertz CT molecular complexity index is 1510. The fourth-order valence-corrected chi connectivity index (χ4v) is 5.87. The van der Waals surface area contributed by atoms with E-state index in [1.807, 2.05) is 54.6 Å². The van der Waals surface area contributed by atoms with Gasteiger partial charge in [0.1, 0.15) is 0 Å². The van der Waals surface area contributed by atoms with Crippen LogP contribution in [0.5, 0.6) is 0 Å². The molecule has 0 saturated carbocycles. The fourth-order valence-electron chi connectivity index (χ4n) is 4.40. The summed E-state index contributed by atoms with van der Waals surface area (Å²) in [5.74, 6) is 0.0271. The first-order valence-electron chi connectivity index (χ1n) is 12.0. The van der Waals surface area contributed by atoms with Gasteiger partial charge in [-0.3, -0.25) is 4.79 Å². The van der Waals surface area contributed by atoms with Crippen molar-refractivity contribution >= 4 is 45.5 Å². The van der Waals surface area contributed by atoms with E-state index in [0.717, 1.165) is 17.1 Å². The van der Waals surface area contributed by atoms with E-state index in [0.29, 0.717) is 11.1 Å². The lowest BCUT2D eigenvalue weighted by Crippen LogP contribution is -2.10. The van der Waals surface area contributed by atoms with E-state index in [-0.39, 0.29) is 5.78 Å². The van der Waals surface area contributed by atoms with Crippen LogP contribution >= 0.6 is 22.7 Å². The summed E-state index contributed by atoms with van der Waals surface area (Å²) in [6, 6.07) is 43.0. The molecule has 0 saturated heterocycles. The Morgan fingerprint density at radius 1 is 0.459 bits per heavy atom. The van der Waals surface area contributed by atoms with Crippen molar-refractivity contribution in [3.8, 4) is 20.9 Å². The van der Waals surface area contributed by atoms with E-state index in [1.54, 1.807) is 22.7 Å². The minimum absolute atomic E-state index is 0.0271. The third kappa shape index (κ3) is 4.90. The molecule has 6 aromatic rings. The van der Waals surface area contributed by atoms with E-state index >= 15 is 0 Å². The number of hydrogen-bond acceptors (Lipinski definition) is 4. The first-order valence-corrected chi connectivity index (χ1v) is 13.8. The van der Waals surface area contributed by atoms with Crippen LogP contribution in [0.1, 0.15) is 15.9 Å². The van der Waals surface area contributed by atoms with E-state index in [4.69, 9.17) is 0 Å². The number of nitrogens with zero attached hydrogens (tertiary/aromatic N) is 1. The van der Waals surface area contributed by atoms with Crippen molar-refractivity contribution in [3.05, 3.63) is 149 Å². The molecular weight excluding hydrogens is 491 g/mol. The van der Waals surface area contributed by atoms with Crippen LogP contribution in [0.2, 0.25) is 0 Å². The SMILES string of the molecule is O=C(c1ccccc1)c1ccc(N(c2ccc(-c3cccs3)cc2)c2ccc(-c3cccs3)cc2)cc1. The van der Waals surface area contributed by atoms with Gasteiger partial charge in [0.05, 0.1) is 0 Å². The molecule has 0 amide bonds. The zero-order chi connectivity index (χ0) is 25.0. The average Bonchev–Trinajstić information content (AvgIpc) is 3.70. The van der Waals surface area contributed by atoms with Gasteiger partial charge in [-0.05, 0) is 82.6 Å². The number of anilines is 3. The first-order chi connectivity index (χ1) is 18.3. The zero-order valence-corrected chi connectivity index (χ0v) is 21.6. The van der Waals surface area contributed by atoms with Crippen molar-refractivity contribution in [3.63, 3.8) is 0 Å². The molecule has 2 aromatic heterocycles. The molecule has 0 radical (unpaired) electrons. The number of carbonyl (C=O) groups excluding carboxylic acids is 1. The maximum atomic E-state index is 13.0. The topological polar surface area (TPSA) is 20.3 Å². The van der Waals surface area contributed by atoms with Crippen LogP contribution < -0.4 is 4.90 Å². The first kappa shape index (κ1) is 23.2. The standard InChI is InChI=1S/C33H23NOS2/c35-33(26-6-2-1-3-7-26)27-14-20-30(21-15-27)34(28-16-10-24(11-17-28)31-8-4-22-36-31)29-18-12-25(13-19-29)32-9-5-23-37-32/h1-23H. The van der Waals surface area contributed by atoms with Gasteiger partial charge in [-0.2, -0.15) is 0 Å². The molecular formula is C33H23NOS2. The van der Waals surface area contributed by atoms with Gasteiger partial charge in [-0.15, -0.1) is 22.7 Å². The molecule has 178 valence electrons. The van der Waals surface area contributed by atoms with E-state index in [1.165, 1.54) is 20.9 Å². The Hall–Kier alpha value is -4.25. The molecule has 4 heteroatoms. The van der Waals surface area contributed by atoms with E-state index in [9.17, 15) is 4.79 Å². The summed E-state index contributed by atoms with van der Waals surface area (Å²) in [5, 5.41) is 4.20. The third-order valence-corrected chi connectivity index (χ3v) is 8.12. The summed E-state index contributed by atoms with van der Waals surface area (Å²) in [6.07, 6.45) is 0. The Morgan fingerprint density at radius 2 is 0.892 bits per heavy atom. The molecule has 0 atom stereocenters. The van der Waals surface area contributed by atoms with Gasteiger partial charge >= 0.3 is 0 Å². The zero-order valence-electron chi connectivity index (χ0n) is 20.0. The van der Waals surface area contributed by atoms with Crippen LogP contribution in [0.3, 0.4) is 0 Å². The molecule has 0 aliphatic rings. The lowest BCUT2D eigenvalue weighted by atomic mass is 10.0. The second-order valence-corrected chi connectivity index (χ2v) is 10.5. The van der Waals surface area contributed by atoms with E-state index in [2.05, 4.69) is 88.5 Å². The maximum absolute atomic E-state index is 13.0. The van der Waals surface area contributed by atoms with Crippen molar-refractivity contribution < 1.29 is 4.79 Å². The molecule has 4 aromatic carbocycles. The Kier molecular flexibility index (Phi) is 6.51. The van der Waals surface area contributed by atoms with Gasteiger partial charge in [-0.1, -0.05) is 66.7 Å². The molecule has 37 heavy (non-hydrogen) atoms. The summed E-state index contributed by atoms with van der Waals surface area (Å²) < 4.78 is 0. The van der Waals surface area contributed by atoms with Crippen LogP contribution in [-0.2, 0) is 0 Å². The number of ketones is 1. The van der Waals surface area contributed by atoms with Gasteiger partial charge in [0.25, 0.3) is 0 Å². The summed E-state index contributed by atoms with van der Waals surface area (Å²) in [7, 11) is 0. The van der Waals surface area contributed by atoms with Crippen LogP contribution in [-0.4, -0.2) is 5.78 Å². The summed E-state index contributed by atoms with van der Waals surface area (Å²) in [5.41, 5.74) is 6.90. The molecule has 0 aliphatic heterocycles. The highest BCUT2D eigenvalue weighted by atomic mass is 32.1. The number of rotatable bonds is 7. The Labute approximate surface area is 224 Å². The number of benzene rings is 4. The minimum Gasteiger partial charge on any atom is -0.311 e. The minimum atomic E-state index is 0.0271. The number of carbonyl (C=O) groups is 1. The molecule has 0 aliphatic carbocycles. The smallest absolute Gasteiger partial charge is 0.193 e. The molecule has 0 N–H and O–H groups in total. The molecule has 2 heterocycles. The van der Waals surface area contributed by atoms with Gasteiger partial charge in [0, 0.05) is 37.9 Å². The van der Waals surface area contributed by atoms with Crippen molar-refractivity contribution in [2.45, 2.75) is 0 Å². The normalized spacial score (nSPS) is 10.8. The summed E-state index contributed by atoms with van der Waals surface area (Å²) in [6.45, 7) is 0. The highest BCUT2D eigenvalue weighted by molar-refractivity contribution is 7.13. The molecule has 0 spiro atoms. The van der Waals surface area contributed by atoms with Gasteiger partial charge in [0.2, 0.25) is 0 Å². The second kappa shape index (κ2) is 10.4. The van der Waals surface area contributed by atoms with Crippen molar-refractivity contribution in [1.29, 1.82) is 0 Å². The van der Waals surface area contributed by atoms with Crippen molar-refractivity contribution in [1.82, 2.24) is 0 Å². The Balaban J connectivity index is 1.37. The van der Waals surface area contributed by atoms with Crippen LogP contribution in [0.4, 0.5) is 17.1 Å². The second-order valence-electron chi connectivity index (χ2n) is 8.63. The maximum Gasteiger partial charge on any atom is 0.193 e. The summed E-state index contributed by atoms with van der Waals surface area (Å²) in [4.78, 5) is 17.7. The highest BCUT2D eigenvalue weighted by Gasteiger charge is 2.15. The van der Waals surface area contributed by atoms with Gasteiger partial charge < -0.3 is 4.90 Å². The third-order valence-electron chi connectivity index (χ3n) is 6.29. The fraction of sp³-hybridized carbons (Fsp3) is 0. The lowest BCUT2D eigenvalue weighted by Gasteiger charge is -2.26. The largest absolute Gasteiger partial charge is 0.311 e. The molecule has 6 rings (SSSR count). The quantitative estimate of drug-likeness (QED) is 0.198. The molecule has 0 bridgehead atoms. The lowest BCUT2D eigenvalue weighted by molar-refractivity contribution is 0.103. The van der Waals surface area contributed by atoms with Gasteiger partial charge in [-0.25, -0.2) is 0 Å². The van der Waals surface area contributed by atoms with Crippen molar-refractivity contribution in [2.24, 2.45) is 0 Å². The predicted molar refractivity (Wildman–Crippen MR) is 158 cm³/mol. The Morgan fingerprint density at radius 3 is 1.32 bits per heavy atom. The molecule has 0 fully saturated rings. The molecule has 0 unspecified atom stereocenters. The highest BCUT2D eigenvalue weighted by Crippen LogP contribution is 2.37. The number of thiophene rings is 2. The average molecular weight is 514 g/mol. The monoisotopic (exact) mass is 513 g/mol. The molecule has 2 nitrogen and oxygen atoms in total. The van der Waals surface area contributed by atoms with Crippen LogP contribution in [0, 0.1) is 0 Å². The summed E-state index contributed by atoms with van der Waals surface area (Å²) >= 11 is 3.48. The van der Waals surface area contributed by atoms with Crippen molar-refractivity contribution in [2.75, 3.05) is 4.90 Å². The number of hydrogen-bond donors (Lipinski definition) is 0. The van der Waals surface area contributed by atoms with Crippen LogP contribution in [0.25, 0.3) is 20.9 Å².